The normalized spacial score (nSPS) is 12.4. The highest BCUT2D eigenvalue weighted by Crippen LogP contribution is 2.31. The third kappa shape index (κ3) is 2.69. The SMILES string of the molecule is Cc1ccccc1C(Cc1csc2ccccc12)C(=O)O. The highest BCUT2D eigenvalue weighted by Gasteiger charge is 2.23. The van der Waals surface area contributed by atoms with Crippen LogP contribution in [0, 0.1) is 6.92 Å². The van der Waals surface area contributed by atoms with Crippen LogP contribution >= 0.6 is 11.3 Å². The average molecular weight is 296 g/mol. The molecule has 1 aromatic heterocycles. The monoisotopic (exact) mass is 296 g/mol. The number of carbonyl (C=O) groups is 1. The van der Waals surface area contributed by atoms with E-state index in [0.29, 0.717) is 6.42 Å². The molecule has 1 unspecified atom stereocenters. The first-order valence-electron chi connectivity index (χ1n) is 6.90. The number of benzene rings is 2. The minimum Gasteiger partial charge on any atom is -0.481 e. The molecule has 1 N–H and O–H groups in total. The van der Waals surface area contributed by atoms with Crippen molar-refractivity contribution < 1.29 is 9.90 Å². The van der Waals surface area contributed by atoms with Crippen molar-refractivity contribution in [3.63, 3.8) is 0 Å². The van der Waals surface area contributed by atoms with E-state index in [1.807, 2.05) is 43.3 Å². The largest absolute Gasteiger partial charge is 0.481 e. The third-order valence-corrected chi connectivity index (χ3v) is 4.86. The summed E-state index contributed by atoms with van der Waals surface area (Å²) in [7, 11) is 0. The van der Waals surface area contributed by atoms with Gasteiger partial charge in [-0.15, -0.1) is 11.3 Å². The second kappa shape index (κ2) is 5.70. The van der Waals surface area contributed by atoms with Crippen molar-refractivity contribution in [1.29, 1.82) is 0 Å². The van der Waals surface area contributed by atoms with Gasteiger partial charge >= 0.3 is 5.97 Å². The van der Waals surface area contributed by atoms with Gasteiger partial charge in [0, 0.05) is 4.70 Å². The van der Waals surface area contributed by atoms with Crippen LogP contribution in [-0.4, -0.2) is 11.1 Å². The van der Waals surface area contributed by atoms with Crippen molar-refractivity contribution in [3.8, 4) is 0 Å². The van der Waals surface area contributed by atoms with Gasteiger partial charge < -0.3 is 5.11 Å². The van der Waals surface area contributed by atoms with Gasteiger partial charge in [-0.3, -0.25) is 4.79 Å². The standard InChI is InChI=1S/C18H16O2S/c1-12-6-2-3-7-14(12)16(18(19)20)10-13-11-21-17-9-5-4-8-15(13)17/h2-9,11,16H,10H2,1H3,(H,19,20). The summed E-state index contributed by atoms with van der Waals surface area (Å²) in [6.45, 7) is 1.97. The lowest BCUT2D eigenvalue weighted by Crippen LogP contribution is -2.15. The summed E-state index contributed by atoms with van der Waals surface area (Å²) < 4.78 is 1.21. The Labute approximate surface area is 127 Å². The summed E-state index contributed by atoms with van der Waals surface area (Å²) in [5.74, 6) is -1.26. The number of carboxylic acid groups (broad SMARTS) is 1. The first-order chi connectivity index (χ1) is 10.2. The summed E-state index contributed by atoms with van der Waals surface area (Å²) >= 11 is 1.67. The van der Waals surface area contributed by atoms with E-state index in [2.05, 4.69) is 17.5 Å². The molecule has 3 aromatic rings. The van der Waals surface area contributed by atoms with E-state index >= 15 is 0 Å². The number of hydrogen-bond acceptors (Lipinski definition) is 2. The van der Waals surface area contributed by atoms with E-state index < -0.39 is 11.9 Å². The van der Waals surface area contributed by atoms with Gasteiger partial charge in [0.25, 0.3) is 0 Å². The molecule has 0 amide bonds. The van der Waals surface area contributed by atoms with Gasteiger partial charge in [0.2, 0.25) is 0 Å². The molecule has 2 aromatic carbocycles. The van der Waals surface area contributed by atoms with Gasteiger partial charge in [-0.1, -0.05) is 42.5 Å². The molecule has 0 aliphatic rings. The first-order valence-corrected chi connectivity index (χ1v) is 7.78. The highest BCUT2D eigenvalue weighted by molar-refractivity contribution is 7.17. The molecule has 0 saturated carbocycles. The Morgan fingerprint density at radius 3 is 2.62 bits per heavy atom. The van der Waals surface area contributed by atoms with Crippen molar-refractivity contribution in [2.24, 2.45) is 0 Å². The predicted octanol–water partition coefficient (Wildman–Crippen LogP) is 4.62. The summed E-state index contributed by atoms with van der Waals surface area (Å²) in [5.41, 5.74) is 3.05. The number of aliphatic carboxylic acids is 1. The summed E-state index contributed by atoms with van der Waals surface area (Å²) in [4.78, 5) is 11.7. The molecular formula is C18H16O2S. The molecule has 0 spiro atoms. The maximum atomic E-state index is 11.7. The van der Waals surface area contributed by atoms with Crippen molar-refractivity contribution in [2.45, 2.75) is 19.3 Å². The van der Waals surface area contributed by atoms with Gasteiger partial charge in [0.05, 0.1) is 5.92 Å². The molecule has 21 heavy (non-hydrogen) atoms. The molecule has 3 rings (SSSR count). The van der Waals surface area contributed by atoms with E-state index in [1.165, 1.54) is 10.1 Å². The Balaban J connectivity index is 2.00. The number of hydrogen-bond donors (Lipinski definition) is 1. The quantitative estimate of drug-likeness (QED) is 0.762. The maximum absolute atomic E-state index is 11.7. The lowest BCUT2D eigenvalue weighted by atomic mass is 9.89. The molecule has 0 radical (unpaired) electrons. The van der Waals surface area contributed by atoms with Crippen LogP contribution in [0.4, 0.5) is 0 Å². The third-order valence-electron chi connectivity index (χ3n) is 3.85. The van der Waals surface area contributed by atoms with Gasteiger partial charge in [-0.2, -0.15) is 0 Å². The lowest BCUT2D eigenvalue weighted by Gasteiger charge is -2.15. The van der Waals surface area contributed by atoms with Crippen molar-refractivity contribution in [1.82, 2.24) is 0 Å². The molecule has 2 nitrogen and oxygen atoms in total. The van der Waals surface area contributed by atoms with Crippen LogP contribution in [0.5, 0.6) is 0 Å². The summed E-state index contributed by atoms with van der Waals surface area (Å²) in [6, 6.07) is 15.9. The molecule has 0 aliphatic heterocycles. The fourth-order valence-corrected chi connectivity index (χ4v) is 3.69. The molecule has 3 heteroatoms. The smallest absolute Gasteiger partial charge is 0.311 e. The fraction of sp³-hybridized carbons (Fsp3) is 0.167. The number of carboxylic acids is 1. The number of rotatable bonds is 4. The average Bonchev–Trinajstić information content (AvgIpc) is 2.89. The van der Waals surface area contributed by atoms with Crippen LogP contribution in [0.1, 0.15) is 22.6 Å². The molecule has 106 valence electrons. The molecule has 0 fully saturated rings. The zero-order valence-electron chi connectivity index (χ0n) is 11.7. The highest BCUT2D eigenvalue weighted by atomic mass is 32.1. The zero-order valence-corrected chi connectivity index (χ0v) is 12.6. The molecule has 1 heterocycles. The topological polar surface area (TPSA) is 37.3 Å². The molecule has 1 atom stereocenters. The zero-order chi connectivity index (χ0) is 14.8. The van der Waals surface area contributed by atoms with Gasteiger partial charge in [0.1, 0.15) is 0 Å². The summed E-state index contributed by atoms with van der Waals surface area (Å²) in [6.07, 6.45) is 0.532. The van der Waals surface area contributed by atoms with Gasteiger partial charge in [-0.05, 0) is 46.9 Å². The van der Waals surface area contributed by atoms with E-state index in [0.717, 1.165) is 16.7 Å². The Morgan fingerprint density at radius 2 is 1.86 bits per heavy atom. The van der Waals surface area contributed by atoms with Crippen LogP contribution in [0.2, 0.25) is 0 Å². The lowest BCUT2D eigenvalue weighted by molar-refractivity contribution is -0.138. The molecule has 0 aliphatic carbocycles. The van der Waals surface area contributed by atoms with E-state index in [4.69, 9.17) is 0 Å². The Morgan fingerprint density at radius 1 is 1.14 bits per heavy atom. The van der Waals surface area contributed by atoms with Gasteiger partial charge in [0.15, 0.2) is 0 Å². The number of fused-ring (bicyclic) bond motifs is 1. The van der Waals surface area contributed by atoms with Crippen molar-refractivity contribution >= 4 is 27.4 Å². The number of aryl methyl sites for hydroxylation is 1. The molecule has 0 saturated heterocycles. The number of thiophene rings is 1. The molecule has 0 bridgehead atoms. The minimum atomic E-state index is -0.764. The van der Waals surface area contributed by atoms with Gasteiger partial charge in [-0.25, -0.2) is 0 Å². The Bertz CT molecular complexity index is 789. The van der Waals surface area contributed by atoms with E-state index in [9.17, 15) is 9.90 Å². The second-order valence-electron chi connectivity index (χ2n) is 5.21. The van der Waals surface area contributed by atoms with Crippen LogP contribution < -0.4 is 0 Å². The van der Waals surface area contributed by atoms with Crippen LogP contribution in [0.3, 0.4) is 0 Å². The maximum Gasteiger partial charge on any atom is 0.311 e. The van der Waals surface area contributed by atoms with Crippen molar-refractivity contribution in [2.75, 3.05) is 0 Å². The fourth-order valence-electron chi connectivity index (χ4n) is 2.72. The van der Waals surface area contributed by atoms with Crippen molar-refractivity contribution in [3.05, 3.63) is 70.6 Å². The summed E-state index contributed by atoms with van der Waals surface area (Å²) in [5, 5.41) is 12.9. The first kappa shape index (κ1) is 13.8. The van der Waals surface area contributed by atoms with Crippen LogP contribution in [-0.2, 0) is 11.2 Å². The van der Waals surface area contributed by atoms with Crippen LogP contribution in [0.25, 0.3) is 10.1 Å². The molecular weight excluding hydrogens is 280 g/mol. The second-order valence-corrected chi connectivity index (χ2v) is 6.12. The van der Waals surface area contributed by atoms with Crippen LogP contribution in [0.15, 0.2) is 53.9 Å². The minimum absolute atomic E-state index is 0.496. The predicted molar refractivity (Wildman–Crippen MR) is 87.1 cm³/mol. The van der Waals surface area contributed by atoms with E-state index in [-0.39, 0.29) is 0 Å². The van der Waals surface area contributed by atoms with E-state index in [1.54, 1.807) is 11.3 Å². The Kier molecular flexibility index (Phi) is 3.76. The Hall–Kier alpha value is -2.13.